The summed E-state index contributed by atoms with van der Waals surface area (Å²) in [4.78, 5) is 11.0. The Balaban J connectivity index is 1.55. The molecule has 0 atom stereocenters. The zero-order chi connectivity index (χ0) is 16.8. The van der Waals surface area contributed by atoms with Crippen molar-refractivity contribution in [3.05, 3.63) is 54.3 Å². The normalized spacial score (nSPS) is 13.0. The van der Waals surface area contributed by atoms with E-state index in [1.54, 1.807) is 0 Å². The molecular formula is C21H25NO2. The number of hydrogen-bond donors (Lipinski definition) is 0. The molecule has 3 nitrogen and oxygen atoms in total. The Morgan fingerprint density at radius 2 is 2.04 bits per heavy atom. The van der Waals surface area contributed by atoms with Crippen molar-refractivity contribution < 1.29 is 9.53 Å². The van der Waals surface area contributed by atoms with E-state index in [4.69, 9.17) is 4.74 Å². The highest BCUT2D eigenvalue weighted by molar-refractivity contribution is 5.88. The molecule has 0 spiro atoms. The number of para-hydroxylation sites is 1. The number of unbranched alkanes of at least 4 members (excludes halogenated alkanes) is 3. The largest absolute Gasteiger partial charge is 0.463 e. The van der Waals surface area contributed by atoms with Gasteiger partial charge in [0.15, 0.2) is 0 Å². The molecule has 1 heterocycles. The average Bonchev–Trinajstić information content (AvgIpc) is 2.95. The van der Waals surface area contributed by atoms with Gasteiger partial charge in [0.1, 0.15) is 0 Å². The third kappa shape index (κ3) is 3.61. The molecule has 2 aromatic rings. The van der Waals surface area contributed by atoms with Crippen LogP contribution in [-0.2, 0) is 22.5 Å². The minimum atomic E-state index is -0.327. The molecule has 1 aromatic heterocycles. The number of nitrogens with zero attached hydrogens (tertiary/aromatic N) is 1. The first-order valence-corrected chi connectivity index (χ1v) is 8.87. The number of aromatic nitrogens is 1. The Kier molecular flexibility index (Phi) is 5.52. The number of aryl methyl sites for hydroxylation is 2. The molecule has 1 aromatic carbocycles. The summed E-state index contributed by atoms with van der Waals surface area (Å²) in [6.45, 7) is 4.94. The average molecular weight is 323 g/mol. The summed E-state index contributed by atoms with van der Waals surface area (Å²) in [5, 5.41) is 1.41. The number of benzene rings is 1. The number of hydrogen-bond acceptors (Lipinski definition) is 2. The van der Waals surface area contributed by atoms with Crippen LogP contribution >= 0.6 is 0 Å². The lowest BCUT2D eigenvalue weighted by atomic mass is 10.0. The van der Waals surface area contributed by atoms with E-state index < -0.39 is 0 Å². The molecular weight excluding hydrogens is 298 g/mol. The second-order valence-electron chi connectivity index (χ2n) is 6.26. The Labute approximate surface area is 143 Å². The smallest absolute Gasteiger partial charge is 0.330 e. The van der Waals surface area contributed by atoms with Crippen molar-refractivity contribution in [3.63, 3.8) is 0 Å². The maximum absolute atomic E-state index is 11.0. The number of carbonyl (C=O) groups is 1. The van der Waals surface area contributed by atoms with E-state index >= 15 is 0 Å². The molecule has 1 aliphatic rings. The first-order chi connectivity index (χ1) is 11.8. The number of ether oxygens (including phenoxy) is 1. The van der Waals surface area contributed by atoms with Gasteiger partial charge in [-0.1, -0.05) is 37.3 Å². The van der Waals surface area contributed by atoms with Crippen molar-refractivity contribution >= 4 is 22.9 Å². The predicted octanol–water partition coefficient (Wildman–Crippen LogP) is 4.89. The van der Waals surface area contributed by atoms with Crippen LogP contribution in [0.2, 0.25) is 0 Å². The highest BCUT2D eigenvalue weighted by Gasteiger charge is 2.16. The minimum Gasteiger partial charge on any atom is -0.463 e. The van der Waals surface area contributed by atoms with Crippen LogP contribution in [0.3, 0.4) is 0 Å². The molecule has 0 radical (unpaired) electrons. The highest BCUT2D eigenvalue weighted by Crippen LogP contribution is 2.31. The number of rotatable bonds is 8. The Morgan fingerprint density at radius 3 is 2.92 bits per heavy atom. The second kappa shape index (κ2) is 8.00. The number of carbonyl (C=O) groups excluding carboxylic acids is 1. The minimum absolute atomic E-state index is 0.327. The van der Waals surface area contributed by atoms with E-state index in [-0.39, 0.29) is 5.97 Å². The van der Waals surface area contributed by atoms with Crippen molar-refractivity contribution in [3.8, 4) is 0 Å². The van der Waals surface area contributed by atoms with Crippen molar-refractivity contribution in [2.75, 3.05) is 6.61 Å². The lowest BCUT2D eigenvalue weighted by Gasteiger charge is -2.11. The topological polar surface area (TPSA) is 31.2 Å². The molecule has 3 heteroatoms. The van der Waals surface area contributed by atoms with E-state index in [0.717, 1.165) is 45.1 Å². The number of fused-ring (bicyclic) bond motifs is 3. The summed E-state index contributed by atoms with van der Waals surface area (Å²) in [5.41, 5.74) is 4.25. The van der Waals surface area contributed by atoms with Crippen LogP contribution in [0, 0.1) is 0 Å². The first kappa shape index (κ1) is 16.6. The van der Waals surface area contributed by atoms with Crippen LogP contribution in [0.15, 0.2) is 43.0 Å². The third-order valence-electron chi connectivity index (χ3n) is 4.64. The highest BCUT2D eigenvalue weighted by atomic mass is 16.5. The molecule has 0 saturated heterocycles. The summed E-state index contributed by atoms with van der Waals surface area (Å²) < 4.78 is 7.47. The van der Waals surface area contributed by atoms with Gasteiger partial charge in [0, 0.05) is 29.2 Å². The number of allylic oxidation sites excluding steroid dienone is 1. The summed E-state index contributed by atoms with van der Waals surface area (Å²) in [6, 6.07) is 8.74. The molecule has 0 unspecified atom stereocenters. The van der Waals surface area contributed by atoms with E-state index in [0.29, 0.717) is 6.61 Å². The van der Waals surface area contributed by atoms with Gasteiger partial charge in [-0.3, -0.25) is 0 Å². The van der Waals surface area contributed by atoms with Crippen LogP contribution < -0.4 is 0 Å². The lowest BCUT2D eigenvalue weighted by Crippen LogP contribution is -2.04. The van der Waals surface area contributed by atoms with E-state index in [9.17, 15) is 4.79 Å². The fourth-order valence-corrected chi connectivity index (χ4v) is 3.47. The molecule has 24 heavy (non-hydrogen) atoms. The molecule has 1 aliphatic carbocycles. The maximum atomic E-state index is 11.0. The van der Waals surface area contributed by atoms with Gasteiger partial charge < -0.3 is 9.30 Å². The fourth-order valence-electron chi connectivity index (χ4n) is 3.47. The van der Waals surface area contributed by atoms with E-state index in [1.165, 1.54) is 28.2 Å². The quantitative estimate of drug-likeness (QED) is 0.393. The number of esters is 1. The predicted molar refractivity (Wildman–Crippen MR) is 98.9 cm³/mol. The standard InChI is InChI=1S/C21H25NO2/c1-2-21(23)24-16-10-4-3-9-15-22-19-13-7-5-11-17(19)18-12-6-8-14-20(18)22/h2,5,7-8,11,13-14H,1,3-4,6,9-10,12,15-16H2. The Morgan fingerprint density at radius 1 is 1.21 bits per heavy atom. The summed E-state index contributed by atoms with van der Waals surface area (Å²) >= 11 is 0. The zero-order valence-corrected chi connectivity index (χ0v) is 14.2. The molecule has 126 valence electrons. The van der Waals surface area contributed by atoms with Crippen molar-refractivity contribution in [2.45, 2.75) is 45.1 Å². The lowest BCUT2D eigenvalue weighted by molar-refractivity contribution is -0.137. The van der Waals surface area contributed by atoms with Crippen molar-refractivity contribution in [2.24, 2.45) is 0 Å². The van der Waals surface area contributed by atoms with Gasteiger partial charge in [-0.25, -0.2) is 4.79 Å². The van der Waals surface area contributed by atoms with Crippen LogP contribution in [0.25, 0.3) is 17.0 Å². The zero-order valence-electron chi connectivity index (χ0n) is 14.2. The van der Waals surface area contributed by atoms with E-state index in [1.807, 2.05) is 0 Å². The third-order valence-corrected chi connectivity index (χ3v) is 4.64. The molecule has 0 N–H and O–H groups in total. The second-order valence-corrected chi connectivity index (χ2v) is 6.26. The molecule has 0 bridgehead atoms. The summed E-state index contributed by atoms with van der Waals surface area (Å²) in [7, 11) is 0. The van der Waals surface area contributed by atoms with Crippen LogP contribution in [-0.4, -0.2) is 17.1 Å². The van der Waals surface area contributed by atoms with Gasteiger partial charge in [-0.15, -0.1) is 0 Å². The molecule has 0 aliphatic heterocycles. The molecule has 3 rings (SSSR count). The Bertz CT molecular complexity index is 755. The fraction of sp³-hybridized carbons (Fsp3) is 0.381. The maximum Gasteiger partial charge on any atom is 0.330 e. The molecule has 0 saturated carbocycles. The van der Waals surface area contributed by atoms with Crippen molar-refractivity contribution in [1.29, 1.82) is 0 Å². The van der Waals surface area contributed by atoms with Gasteiger partial charge in [-0.2, -0.15) is 0 Å². The van der Waals surface area contributed by atoms with Gasteiger partial charge in [0.25, 0.3) is 0 Å². The van der Waals surface area contributed by atoms with Gasteiger partial charge >= 0.3 is 5.97 Å². The van der Waals surface area contributed by atoms with E-state index in [2.05, 4.69) is 47.6 Å². The summed E-state index contributed by atoms with van der Waals surface area (Å²) in [6.07, 6.45) is 12.4. The van der Waals surface area contributed by atoms with Crippen LogP contribution in [0.4, 0.5) is 0 Å². The van der Waals surface area contributed by atoms with Crippen LogP contribution in [0.1, 0.15) is 43.4 Å². The van der Waals surface area contributed by atoms with Gasteiger partial charge in [0.05, 0.1) is 6.61 Å². The molecule has 0 fully saturated rings. The molecule has 0 amide bonds. The first-order valence-electron chi connectivity index (χ1n) is 8.87. The summed E-state index contributed by atoms with van der Waals surface area (Å²) in [5.74, 6) is -0.327. The Hall–Kier alpha value is -2.29. The van der Waals surface area contributed by atoms with Crippen LogP contribution in [0.5, 0.6) is 0 Å². The van der Waals surface area contributed by atoms with Crippen molar-refractivity contribution in [1.82, 2.24) is 4.57 Å². The van der Waals surface area contributed by atoms with Gasteiger partial charge in [-0.05, 0) is 49.8 Å². The van der Waals surface area contributed by atoms with Gasteiger partial charge in [0.2, 0.25) is 0 Å². The monoisotopic (exact) mass is 323 g/mol. The SMILES string of the molecule is C=CC(=O)OCCCCCCn1c2c(c3ccccc31)CCC=C2.